The second-order valence-electron chi connectivity index (χ2n) is 3.13. The van der Waals surface area contributed by atoms with Gasteiger partial charge in [0.2, 0.25) is 5.91 Å². The van der Waals surface area contributed by atoms with E-state index < -0.39 is 0 Å². The summed E-state index contributed by atoms with van der Waals surface area (Å²) < 4.78 is 0. The molecule has 2 nitrogen and oxygen atoms in total. The molecule has 0 spiro atoms. The molecule has 1 N–H and O–H groups in total. The Morgan fingerprint density at radius 2 is 2.45 bits per heavy atom. The summed E-state index contributed by atoms with van der Waals surface area (Å²) in [6, 6.07) is 0.454. The summed E-state index contributed by atoms with van der Waals surface area (Å²) in [5.74, 6) is 1.63. The molecule has 2 rings (SSSR count). The molecular formula is C7H11NOS2. The van der Waals surface area contributed by atoms with Crippen LogP contribution in [0.15, 0.2) is 0 Å². The van der Waals surface area contributed by atoms with Gasteiger partial charge in [-0.2, -0.15) is 0 Å². The molecule has 1 amide bonds. The van der Waals surface area contributed by atoms with Crippen molar-refractivity contribution >= 4 is 27.5 Å². The van der Waals surface area contributed by atoms with Crippen LogP contribution in [0.5, 0.6) is 0 Å². The largest absolute Gasteiger partial charge is 0.352 e. The van der Waals surface area contributed by atoms with Gasteiger partial charge >= 0.3 is 0 Å². The van der Waals surface area contributed by atoms with E-state index in [9.17, 15) is 4.79 Å². The van der Waals surface area contributed by atoms with Crippen molar-refractivity contribution < 1.29 is 4.79 Å². The van der Waals surface area contributed by atoms with E-state index in [1.165, 1.54) is 0 Å². The maximum absolute atomic E-state index is 11.3. The summed E-state index contributed by atoms with van der Waals surface area (Å²) in [5, 5.41) is 3.51. The highest BCUT2D eigenvalue weighted by Gasteiger charge is 2.38. The lowest BCUT2D eigenvalue weighted by Gasteiger charge is -2.14. The summed E-state index contributed by atoms with van der Waals surface area (Å²) in [5.41, 5.74) is 0. The van der Waals surface area contributed by atoms with Gasteiger partial charge in [-0.3, -0.25) is 4.79 Å². The number of hydrogen-bond acceptors (Lipinski definition) is 3. The number of nitrogens with one attached hydrogen (secondary N) is 1. The summed E-state index contributed by atoms with van der Waals surface area (Å²) in [6.45, 7) is 2.15. The predicted octanol–water partition coefficient (Wildman–Crippen LogP) is 1.27. The standard InChI is InChI=1S/C7H11NOS2/c1-4-6-2-5(3-10-11-4)8-7(6)9/h4-6H,2-3H2,1H3,(H,8,9). The van der Waals surface area contributed by atoms with E-state index in [1.54, 1.807) is 0 Å². The highest BCUT2D eigenvalue weighted by Crippen LogP contribution is 2.40. The Balaban J connectivity index is 2.15. The van der Waals surface area contributed by atoms with E-state index in [0.29, 0.717) is 11.3 Å². The van der Waals surface area contributed by atoms with Crippen LogP contribution in [0.4, 0.5) is 0 Å². The Morgan fingerprint density at radius 3 is 3.27 bits per heavy atom. The summed E-state index contributed by atoms with van der Waals surface area (Å²) >= 11 is 0. The third-order valence-electron chi connectivity index (χ3n) is 2.28. The number of rotatable bonds is 0. The third kappa shape index (κ3) is 1.38. The van der Waals surface area contributed by atoms with Crippen LogP contribution in [0.1, 0.15) is 13.3 Å². The van der Waals surface area contributed by atoms with E-state index in [0.717, 1.165) is 12.2 Å². The first-order valence-electron chi connectivity index (χ1n) is 3.86. The van der Waals surface area contributed by atoms with Crippen LogP contribution in [0.2, 0.25) is 0 Å². The molecule has 0 aromatic heterocycles. The normalized spacial score (nSPS) is 43.4. The molecule has 3 unspecified atom stereocenters. The smallest absolute Gasteiger partial charge is 0.224 e. The van der Waals surface area contributed by atoms with Crippen LogP contribution < -0.4 is 5.32 Å². The van der Waals surface area contributed by atoms with Crippen molar-refractivity contribution in [2.24, 2.45) is 5.92 Å². The molecule has 2 aliphatic rings. The molecule has 0 aliphatic carbocycles. The zero-order chi connectivity index (χ0) is 7.84. The minimum atomic E-state index is 0.273. The molecule has 4 heteroatoms. The number of carbonyl (C=O) groups is 1. The van der Waals surface area contributed by atoms with Gasteiger partial charge in [-0.05, 0) is 6.42 Å². The first-order valence-corrected chi connectivity index (χ1v) is 6.24. The van der Waals surface area contributed by atoms with Crippen LogP contribution in [0.3, 0.4) is 0 Å². The first kappa shape index (κ1) is 7.80. The lowest BCUT2D eigenvalue weighted by Crippen LogP contribution is -2.30. The van der Waals surface area contributed by atoms with E-state index >= 15 is 0 Å². The van der Waals surface area contributed by atoms with Crippen molar-refractivity contribution in [2.45, 2.75) is 24.6 Å². The molecule has 2 aliphatic heterocycles. The maximum Gasteiger partial charge on any atom is 0.224 e. The van der Waals surface area contributed by atoms with Crippen molar-refractivity contribution in [1.82, 2.24) is 5.32 Å². The zero-order valence-corrected chi connectivity index (χ0v) is 8.00. The molecule has 0 radical (unpaired) electrons. The van der Waals surface area contributed by atoms with Gasteiger partial charge in [-0.1, -0.05) is 28.5 Å². The quantitative estimate of drug-likeness (QED) is 0.582. The zero-order valence-electron chi connectivity index (χ0n) is 6.37. The van der Waals surface area contributed by atoms with Crippen molar-refractivity contribution in [2.75, 3.05) is 5.75 Å². The topological polar surface area (TPSA) is 29.1 Å². The highest BCUT2D eigenvalue weighted by molar-refractivity contribution is 8.77. The number of hydrogen-bond donors (Lipinski definition) is 1. The Bertz CT molecular complexity index is 185. The molecule has 2 heterocycles. The lowest BCUT2D eigenvalue weighted by atomic mass is 10.0. The van der Waals surface area contributed by atoms with Crippen molar-refractivity contribution in [3.63, 3.8) is 0 Å². The number of amides is 1. The van der Waals surface area contributed by atoms with Gasteiger partial charge in [-0.25, -0.2) is 0 Å². The Kier molecular flexibility index (Phi) is 2.06. The molecule has 62 valence electrons. The number of fused-ring (bicyclic) bond motifs is 2. The molecule has 11 heavy (non-hydrogen) atoms. The van der Waals surface area contributed by atoms with E-state index in [4.69, 9.17) is 0 Å². The average molecular weight is 189 g/mol. The summed E-state index contributed by atoms with van der Waals surface area (Å²) in [4.78, 5) is 11.3. The monoisotopic (exact) mass is 189 g/mol. The first-order chi connectivity index (χ1) is 5.27. The average Bonchev–Trinajstić information content (AvgIpc) is 2.20. The summed E-state index contributed by atoms with van der Waals surface area (Å²) in [6.07, 6.45) is 1.06. The molecule has 3 atom stereocenters. The molecular weight excluding hydrogens is 178 g/mol. The Morgan fingerprint density at radius 1 is 1.64 bits per heavy atom. The van der Waals surface area contributed by atoms with Crippen molar-refractivity contribution in [3.8, 4) is 0 Å². The molecule has 0 aromatic rings. The van der Waals surface area contributed by atoms with Crippen LogP contribution in [-0.4, -0.2) is 23.0 Å². The minimum Gasteiger partial charge on any atom is -0.352 e. The maximum atomic E-state index is 11.3. The van der Waals surface area contributed by atoms with Gasteiger partial charge in [0.15, 0.2) is 0 Å². The molecule has 0 saturated carbocycles. The van der Waals surface area contributed by atoms with Gasteiger partial charge in [0.1, 0.15) is 0 Å². The molecule has 2 saturated heterocycles. The lowest BCUT2D eigenvalue weighted by molar-refractivity contribution is -0.122. The van der Waals surface area contributed by atoms with E-state index in [2.05, 4.69) is 12.2 Å². The second kappa shape index (κ2) is 2.90. The summed E-state index contributed by atoms with van der Waals surface area (Å²) in [7, 11) is 3.75. The van der Waals surface area contributed by atoms with Gasteiger partial charge in [0.05, 0.1) is 5.92 Å². The molecule has 0 aromatic carbocycles. The second-order valence-corrected chi connectivity index (χ2v) is 5.92. The Hall–Kier alpha value is 0.170. The van der Waals surface area contributed by atoms with Crippen molar-refractivity contribution in [1.29, 1.82) is 0 Å². The van der Waals surface area contributed by atoms with E-state index in [1.807, 2.05) is 21.6 Å². The van der Waals surface area contributed by atoms with Gasteiger partial charge in [-0.15, -0.1) is 0 Å². The minimum absolute atomic E-state index is 0.273. The fraction of sp³-hybridized carbons (Fsp3) is 0.857. The molecule has 2 bridgehead atoms. The predicted molar refractivity (Wildman–Crippen MR) is 49.5 cm³/mol. The van der Waals surface area contributed by atoms with Gasteiger partial charge in [0, 0.05) is 17.0 Å². The SMILES string of the molecule is CC1SSCC2CC1C(=O)N2. The highest BCUT2D eigenvalue weighted by atomic mass is 33.1. The fourth-order valence-electron chi connectivity index (χ4n) is 1.59. The Labute approximate surface area is 74.3 Å². The van der Waals surface area contributed by atoms with Crippen LogP contribution in [0.25, 0.3) is 0 Å². The van der Waals surface area contributed by atoms with E-state index in [-0.39, 0.29) is 11.8 Å². The van der Waals surface area contributed by atoms with Gasteiger partial charge < -0.3 is 5.32 Å². The van der Waals surface area contributed by atoms with Crippen LogP contribution in [-0.2, 0) is 4.79 Å². The van der Waals surface area contributed by atoms with Gasteiger partial charge in [0.25, 0.3) is 0 Å². The van der Waals surface area contributed by atoms with Crippen molar-refractivity contribution in [3.05, 3.63) is 0 Å². The van der Waals surface area contributed by atoms with Crippen LogP contribution in [0, 0.1) is 5.92 Å². The third-order valence-corrected chi connectivity index (χ3v) is 5.31. The fourth-order valence-corrected chi connectivity index (χ4v) is 4.41. The van der Waals surface area contributed by atoms with Crippen LogP contribution >= 0.6 is 21.6 Å². The number of carbonyl (C=O) groups excluding carboxylic acids is 1. The molecule has 2 fully saturated rings.